The molecule has 126 valence electrons. The van der Waals surface area contributed by atoms with E-state index in [1.807, 2.05) is 6.07 Å². The highest BCUT2D eigenvalue weighted by Crippen LogP contribution is 2.20. The maximum Gasteiger partial charge on any atom is 0.331 e. The fourth-order valence-corrected chi connectivity index (χ4v) is 2.08. The highest BCUT2D eigenvalue weighted by Gasteiger charge is 2.17. The lowest BCUT2D eigenvalue weighted by molar-refractivity contribution is -0.148. The molecular formula is C19H15ClN2O3. The molecule has 0 bridgehead atoms. The molecule has 2 aromatic carbocycles. The van der Waals surface area contributed by atoms with Crippen LogP contribution in [0.4, 0.5) is 5.69 Å². The molecule has 0 aliphatic rings. The highest BCUT2D eigenvalue weighted by atomic mass is 35.5. The molecule has 0 spiro atoms. The molecule has 0 saturated heterocycles. The van der Waals surface area contributed by atoms with Crippen LogP contribution in [-0.4, -0.2) is 18.0 Å². The summed E-state index contributed by atoms with van der Waals surface area (Å²) in [5, 5.41) is 11.7. The summed E-state index contributed by atoms with van der Waals surface area (Å²) in [5.41, 5.74) is 1.72. The number of halogens is 1. The fourth-order valence-electron chi connectivity index (χ4n) is 1.90. The van der Waals surface area contributed by atoms with Crippen molar-refractivity contribution in [1.29, 1.82) is 5.26 Å². The number of esters is 1. The van der Waals surface area contributed by atoms with E-state index in [0.717, 1.165) is 5.56 Å². The Kier molecular flexibility index (Phi) is 6.33. The van der Waals surface area contributed by atoms with E-state index in [9.17, 15) is 9.59 Å². The number of ether oxygens (including phenoxy) is 1. The maximum absolute atomic E-state index is 12.0. The topological polar surface area (TPSA) is 79.2 Å². The molecule has 0 heterocycles. The van der Waals surface area contributed by atoms with Gasteiger partial charge in [-0.05, 0) is 42.8 Å². The van der Waals surface area contributed by atoms with Gasteiger partial charge in [0.25, 0.3) is 5.91 Å². The average molecular weight is 355 g/mol. The van der Waals surface area contributed by atoms with E-state index in [1.54, 1.807) is 54.6 Å². The molecule has 0 aromatic heterocycles. The molecule has 6 heteroatoms. The molecule has 5 nitrogen and oxygen atoms in total. The van der Waals surface area contributed by atoms with Crippen molar-refractivity contribution in [3.8, 4) is 6.07 Å². The number of amides is 1. The molecule has 2 rings (SSSR count). The molecule has 0 saturated carbocycles. The minimum atomic E-state index is -0.977. The van der Waals surface area contributed by atoms with E-state index < -0.39 is 18.0 Å². The monoisotopic (exact) mass is 354 g/mol. The van der Waals surface area contributed by atoms with Crippen molar-refractivity contribution < 1.29 is 14.3 Å². The lowest BCUT2D eigenvalue weighted by Crippen LogP contribution is -2.29. The van der Waals surface area contributed by atoms with E-state index in [0.29, 0.717) is 16.3 Å². The van der Waals surface area contributed by atoms with Gasteiger partial charge in [0.2, 0.25) is 0 Å². The minimum Gasteiger partial charge on any atom is -0.449 e. The van der Waals surface area contributed by atoms with Gasteiger partial charge in [0.1, 0.15) is 0 Å². The predicted molar refractivity (Wildman–Crippen MR) is 95.8 cm³/mol. The van der Waals surface area contributed by atoms with Crippen LogP contribution in [0.3, 0.4) is 0 Å². The molecule has 25 heavy (non-hydrogen) atoms. The summed E-state index contributed by atoms with van der Waals surface area (Å²) in [4.78, 5) is 23.8. The van der Waals surface area contributed by atoms with Crippen LogP contribution in [0.25, 0.3) is 6.08 Å². The first-order valence-corrected chi connectivity index (χ1v) is 7.81. The summed E-state index contributed by atoms with van der Waals surface area (Å²) in [6.07, 6.45) is 1.79. The third kappa shape index (κ3) is 5.48. The second-order valence-electron chi connectivity index (χ2n) is 5.12. The summed E-state index contributed by atoms with van der Waals surface area (Å²) >= 11 is 5.96. The van der Waals surface area contributed by atoms with Gasteiger partial charge >= 0.3 is 5.97 Å². The van der Waals surface area contributed by atoms with E-state index in [-0.39, 0.29) is 0 Å². The van der Waals surface area contributed by atoms with E-state index in [1.165, 1.54) is 13.0 Å². The Morgan fingerprint density at radius 1 is 1.20 bits per heavy atom. The van der Waals surface area contributed by atoms with Crippen LogP contribution in [-0.2, 0) is 14.3 Å². The normalized spacial score (nSPS) is 11.6. The average Bonchev–Trinajstić information content (AvgIpc) is 2.62. The van der Waals surface area contributed by atoms with Crippen LogP contribution in [0.5, 0.6) is 0 Å². The SMILES string of the molecule is C[C@@H](OC(=O)/C=C/c1ccc(C#N)cc1)C(=O)Nc1ccccc1Cl. The van der Waals surface area contributed by atoms with Gasteiger partial charge in [0, 0.05) is 6.08 Å². The van der Waals surface area contributed by atoms with Crippen LogP contribution in [0.1, 0.15) is 18.1 Å². The number of nitriles is 1. The summed E-state index contributed by atoms with van der Waals surface area (Å²) in [6.45, 7) is 1.47. The summed E-state index contributed by atoms with van der Waals surface area (Å²) in [7, 11) is 0. The fraction of sp³-hybridized carbons (Fsp3) is 0.105. The van der Waals surface area contributed by atoms with Gasteiger partial charge in [-0.2, -0.15) is 5.26 Å². The first-order chi connectivity index (χ1) is 12.0. The zero-order valence-corrected chi connectivity index (χ0v) is 14.2. The Morgan fingerprint density at radius 3 is 2.52 bits per heavy atom. The van der Waals surface area contributed by atoms with Crippen molar-refractivity contribution in [2.75, 3.05) is 5.32 Å². The first kappa shape index (κ1) is 18.2. The van der Waals surface area contributed by atoms with E-state index >= 15 is 0 Å². The van der Waals surface area contributed by atoms with Crippen molar-refractivity contribution in [2.24, 2.45) is 0 Å². The van der Waals surface area contributed by atoms with Crippen LogP contribution in [0.2, 0.25) is 5.02 Å². The van der Waals surface area contributed by atoms with Gasteiger partial charge in [-0.3, -0.25) is 4.79 Å². The number of para-hydroxylation sites is 1. The highest BCUT2D eigenvalue weighted by molar-refractivity contribution is 6.33. The Labute approximate surface area is 150 Å². The molecule has 0 aliphatic carbocycles. The number of nitrogens with one attached hydrogen (secondary N) is 1. The summed E-state index contributed by atoms with van der Waals surface area (Å²) < 4.78 is 5.06. The van der Waals surface area contributed by atoms with Crippen molar-refractivity contribution >= 4 is 35.2 Å². The largest absolute Gasteiger partial charge is 0.449 e. The van der Waals surface area contributed by atoms with Gasteiger partial charge in [-0.15, -0.1) is 0 Å². The number of benzene rings is 2. The van der Waals surface area contributed by atoms with E-state index in [2.05, 4.69) is 5.32 Å². The number of carbonyl (C=O) groups is 2. The van der Waals surface area contributed by atoms with Crippen molar-refractivity contribution in [1.82, 2.24) is 0 Å². The zero-order valence-electron chi connectivity index (χ0n) is 13.4. The number of nitrogens with zero attached hydrogens (tertiary/aromatic N) is 1. The van der Waals surface area contributed by atoms with Gasteiger partial charge in [0.05, 0.1) is 22.3 Å². The molecule has 0 fully saturated rings. The smallest absolute Gasteiger partial charge is 0.331 e. The van der Waals surface area contributed by atoms with Crippen LogP contribution >= 0.6 is 11.6 Å². The number of hydrogen-bond acceptors (Lipinski definition) is 4. The molecule has 0 aliphatic heterocycles. The molecule has 0 radical (unpaired) electrons. The lowest BCUT2D eigenvalue weighted by Gasteiger charge is -2.13. The lowest BCUT2D eigenvalue weighted by atomic mass is 10.1. The van der Waals surface area contributed by atoms with Crippen molar-refractivity contribution in [2.45, 2.75) is 13.0 Å². The molecular weight excluding hydrogens is 340 g/mol. The number of rotatable bonds is 5. The van der Waals surface area contributed by atoms with Crippen molar-refractivity contribution in [3.05, 3.63) is 70.8 Å². The minimum absolute atomic E-state index is 0.398. The second kappa shape index (κ2) is 8.67. The standard InChI is InChI=1S/C19H15ClN2O3/c1-13(19(24)22-17-5-3-2-4-16(17)20)25-18(23)11-10-14-6-8-15(12-21)9-7-14/h2-11,13H,1H3,(H,22,24)/b11-10+/t13-/m1/s1. The Hall–Kier alpha value is -3.10. The van der Waals surface area contributed by atoms with Gasteiger partial charge in [0.15, 0.2) is 6.10 Å². The first-order valence-electron chi connectivity index (χ1n) is 7.44. The van der Waals surface area contributed by atoms with Gasteiger partial charge < -0.3 is 10.1 Å². The Bertz CT molecular complexity index is 838. The second-order valence-corrected chi connectivity index (χ2v) is 5.52. The van der Waals surface area contributed by atoms with Crippen molar-refractivity contribution in [3.63, 3.8) is 0 Å². The summed E-state index contributed by atoms with van der Waals surface area (Å²) in [5.74, 6) is -1.13. The molecule has 0 unspecified atom stereocenters. The Balaban J connectivity index is 1.90. The quantitative estimate of drug-likeness (QED) is 0.654. The molecule has 1 amide bonds. The van der Waals surface area contributed by atoms with Crippen LogP contribution in [0.15, 0.2) is 54.6 Å². The van der Waals surface area contributed by atoms with E-state index in [4.69, 9.17) is 21.6 Å². The number of hydrogen-bond donors (Lipinski definition) is 1. The van der Waals surface area contributed by atoms with Gasteiger partial charge in [-0.1, -0.05) is 35.9 Å². The maximum atomic E-state index is 12.0. The number of carbonyl (C=O) groups excluding carboxylic acids is 2. The Morgan fingerprint density at radius 2 is 1.88 bits per heavy atom. The van der Waals surface area contributed by atoms with Gasteiger partial charge in [-0.25, -0.2) is 4.79 Å². The van der Waals surface area contributed by atoms with Crippen LogP contribution < -0.4 is 5.32 Å². The third-order valence-electron chi connectivity index (χ3n) is 3.25. The molecule has 1 N–H and O–H groups in total. The predicted octanol–water partition coefficient (Wildman–Crippen LogP) is 3.80. The zero-order chi connectivity index (χ0) is 18.2. The number of anilines is 1. The molecule has 2 aromatic rings. The third-order valence-corrected chi connectivity index (χ3v) is 3.58. The molecule has 1 atom stereocenters. The van der Waals surface area contributed by atoms with Crippen LogP contribution in [0, 0.1) is 11.3 Å². The summed E-state index contributed by atoms with van der Waals surface area (Å²) in [6, 6.07) is 15.5.